The monoisotopic (exact) mass is 1030 g/mol. The summed E-state index contributed by atoms with van der Waals surface area (Å²) in [6.45, 7) is 13.5. The summed E-state index contributed by atoms with van der Waals surface area (Å²) in [4.78, 5) is 136. The molecule has 1 aromatic heterocycles. The molecule has 7 amide bonds. The molecular formula is C52H75N9O13. The summed E-state index contributed by atoms with van der Waals surface area (Å²) in [5.41, 5.74) is 7.96. The van der Waals surface area contributed by atoms with Gasteiger partial charge in [0.1, 0.15) is 42.3 Å². The summed E-state index contributed by atoms with van der Waals surface area (Å²) in [5.74, 6) is -11.4. The molecule has 74 heavy (non-hydrogen) atoms. The molecule has 9 atom stereocenters. The van der Waals surface area contributed by atoms with Crippen molar-refractivity contribution < 1.29 is 63.3 Å². The van der Waals surface area contributed by atoms with Gasteiger partial charge in [-0.15, -0.1) is 0 Å². The van der Waals surface area contributed by atoms with E-state index in [1.807, 2.05) is 18.2 Å². The van der Waals surface area contributed by atoms with Crippen molar-refractivity contribution in [2.24, 2.45) is 29.4 Å². The predicted octanol–water partition coefficient (Wildman–Crippen LogP) is 1.89. The van der Waals surface area contributed by atoms with Gasteiger partial charge in [0.15, 0.2) is 0 Å². The Balaban J connectivity index is 1.86. The lowest BCUT2D eigenvalue weighted by molar-refractivity contribution is -0.143. The number of para-hydroxylation sites is 1. The number of amides is 7. The van der Waals surface area contributed by atoms with E-state index in [2.05, 4.69) is 42.2 Å². The average Bonchev–Trinajstić information content (AvgIpc) is 3.75. The number of fused-ring (bicyclic) bond motifs is 1. The molecule has 0 saturated carbocycles. The van der Waals surface area contributed by atoms with Crippen LogP contribution in [0.15, 0.2) is 60.8 Å². The van der Waals surface area contributed by atoms with E-state index in [0.717, 1.165) is 10.9 Å². The number of aromatic amines is 1. The van der Waals surface area contributed by atoms with Crippen LogP contribution in [0.4, 0.5) is 0 Å². The zero-order chi connectivity index (χ0) is 55.4. The largest absolute Gasteiger partial charge is 0.481 e. The number of benzene rings is 2. The maximum atomic E-state index is 14.3. The molecule has 0 aliphatic carbocycles. The van der Waals surface area contributed by atoms with Crippen LogP contribution in [0.5, 0.6) is 0 Å². The zero-order valence-corrected chi connectivity index (χ0v) is 43.4. The van der Waals surface area contributed by atoms with Crippen molar-refractivity contribution in [3.63, 3.8) is 0 Å². The van der Waals surface area contributed by atoms with Gasteiger partial charge in [0.25, 0.3) is 0 Å². The van der Waals surface area contributed by atoms with E-state index in [1.165, 1.54) is 0 Å². The van der Waals surface area contributed by atoms with Crippen molar-refractivity contribution in [2.75, 3.05) is 0 Å². The minimum Gasteiger partial charge on any atom is -0.481 e. The number of aliphatic carboxylic acids is 3. The van der Waals surface area contributed by atoms with Gasteiger partial charge in [-0.2, -0.15) is 0 Å². The Hall–Kier alpha value is -7.36. The molecule has 0 saturated heterocycles. The number of nitrogens with one attached hydrogen (secondary N) is 8. The third-order valence-electron chi connectivity index (χ3n) is 12.5. The maximum absolute atomic E-state index is 14.3. The smallest absolute Gasteiger partial charge is 0.326 e. The molecule has 0 unspecified atom stereocenters. The number of hydrogen-bond acceptors (Lipinski definition) is 11. The van der Waals surface area contributed by atoms with E-state index in [4.69, 9.17) is 10.8 Å². The Bertz CT molecular complexity index is 2430. The van der Waals surface area contributed by atoms with Crippen LogP contribution in [-0.2, 0) is 60.8 Å². The fraction of sp³-hybridized carbons (Fsp3) is 0.538. The number of carbonyl (C=O) groups is 10. The molecule has 0 aliphatic rings. The standard InChI is InChI=1S/C52H75N9O13/c1-9-30(8)44(51(72)58-39(52(73)74)25-32-26-54-35-18-14-13-17-33(32)35)61-50(71)43(29(6)7)60-46(67)36(20-22-41(64)65)55-47(68)37(23-27(2)3)56-48(69)38(24-31-15-11-10-12-16-31)57-49(70)42(28(4)5)59-45(66)34(53)19-21-40(62)63/h10-18,26-30,34,36-39,42-44,54H,9,19-25,53H2,1-8H3,(H,55,68)(H,56,69)(H,57,70)(H,58,72)(H,59,66)(H,60,67)(H,61,71)(H,62,63)(H,64,65)(H,73,74)/t30-,34-,36-,37-,38-,39-,42-,43-,44-/m0/s1. The van der Waals surface area contributed by atoms with Gasteiger partial charge in [0, 0.05) is 42.8 Å². The Labute approximate surface area is 430 Å². The lowest BCUT2D eigenvalue weighted by Gasteiger charge is -2.30. The average molecular weight is 1030 g/mol. The van der Waals surface area contributed by atoms with Crippen molar-refractivity contribution in [3.05, 3.63) is 71.9 Å². The highest BCUT2D eigenvalue weighted by molar-refractivity contribution is 5.98. The number of nitrogens with two attached hydrogens (primary N) is 1. The number of rotatable bonds is 31. The molecule has 0 bridgehead atoms. The van der Waals surface area contributed by atoms with Crippen LogP contribution in [0, 0.1) is 23.7 Å². The fourth-order valence-corrected chi connectivity index (χ4v) is 8.03. The molecule has 22 nitrogen and oxygen atoms in total. The Morgan fingerprint density at radius 1 is 0.527 bits per heavy atom. The van der Waals surface area contributed by atoms with Crippen LogP contribution in [0.2, 0.25) is 0 Å². The van der Waals surface area contributed by atoms with E-state index in [9.17, 15) is 58.2 Å². The molecule has 13 N–H and O–H groups in total. The van der Waals surface area contributed by atoms with E-state index < -0.39 is 138 Å². The highest BCUT2D eigenvalue weighted by Crippen LogP contribution is 2.20. The van der Waals surface area contributed by atoms with Gasteiger partial charge in [0.2, 0.25) is 41.4 Å². The highest BCUT2D eigenvalue weighted by atomic mass is 16.4. The number of H-pyrrole nitrogens is 1. The fourth-order valence-electron chi connectivity index (χ4n) is 8.03. The number of carboxylic acids is 3. The number of carboxylic acid groups (broad SMARTS) is 3. The summed E-state index contributed by atoms with van der Waals surface area (Å²) >= 11 is 0. The van der Waals surface area contributed by atoms with Gasteiger partial charge in [-0.3, -0.25) is 43.2 Å². The minimum atomic E-state index is -1.56. The molecule has 1 heterocycles. The molecular weight excluding hydrogens is 959 g/mol. The van der Waals surface area contributed by atoms with E-state index in [-0.39, 0.29) is 38.0 Å². The van der Waals surface area contributed by atoms with Crippen LogP contribution >= 0.6 is 0 Å². The van der Waals surface area contributed by atoms with E-state index >= 15 is 0 Å². The Morgan fingerprint density at radius 3 is 1.57 bits per heavy atom. The second kappa shape index (κ2) is 29.4. The number of carbonyl (C=O) groups excluding carboxylic acids is 7. The van der Waals surface area contributed by atoms with Gasteiger partial charge < -0.3 is 63.3 Å². The van der Waals surface area contributed by atoms with Crippen LogP contribution in [0.1, 0.15) is 105 Å². The first kappa shape index (κ1) is 60.9. The number of aromatic nitrogens is 1. The van der Waals surface area contributed by atoms with Crippen molar-refractivity contribution >= 4 is 70.2 Å². The van der Waals surface area contributed by atoms with E-state index in [0.29, 0.717) is 17.5 Å². The zero-order valence-electron chi connectivity index (χ0n) is 43.4. The molecule has 0 radical (unpaired) electrons. The first-order chi connectivity index (χ1) is 34.8. The van der Waals surface area contributed by atoms with Crippen molar-refractivity contribution in [3.8, 4) is 0 Å². The Kier molecular flexibility index (Phi) is 24.2. The van der Waals surface area contributed by atoms with Crippen molar-refractivity contribution in [2.45, 2.75) is 155 Å². The van der Waals surface area contributed by atoms with Gasteiger partial charge in [-0.05, 0) is 60.1 Å². The van der Waals surface area contributed by atoms with Crippen molar-refractivity contribution in [1.29, 1.82) is 0 Å². The second-order valence-electron chi connectivity index (χ2n) is 19.8. The first-order valence-corrected chi connectivity index (χ1v) is 25.0. The summed E-state index contributed by atoms with van der Waals surface area (Å²) in [6.07, 6.45) is 0.310. The summed E-state index contributed by atoms with van der Waals surface area (Å²) < 4.78 is 0. The van der Waals surface area contributed by atoms with Gasteiger partial charge in [0.05, 0.1) is 6.04 Å². The predicted molar refractivity (Wildman–Crippen MR) is 274 cm³/mol. The third-order valence-corrected chi connectivity index (χ3v) is 12.5. The van der Waals surface area contributed by atoms with Crippen LogP contribution in [0.3, 0.4) is 0 Å². The first-order valence-electron chi connectivity index (χ1n) is 25.0. The molecule has 406 valence electrons. The summed E-state index contributed by atoms with van der Waals surface area (Å²) in [7, 11) is 0. The quantitative estimate of drug-likeness (QED) is 0.0438. The van der Waals surface area contributed by atoms with Crippen LogP contribution in [0.25, 0.3) is 10.9 Å². The topological polar surface area (TPSA) is 357 Å². The molecule has 3 aromatic rings. The molecule has 0 fully saturated rings. The van der Waals surface area contributed by atoms with E-state index in [1.54, 1.807) is 98.0 Å². The van der Waals surface area contributed by atoms with Gasteiger partial charge in [-0.25, -0.2) is 4.79 Å². The SMILES string of the molecule is CC[C@H](C)[C@H](NC(=O)[C@@H](NC(=O)[C@H](CCC(=O)O)NC(=O)[C@H](CC(C)C)NC(=O)[C@H](Cc1ccccc1)NC(=O)[C@@H](NC(=O)[C@@H](N)CCC(=O)O)C(C)C)C(C)C)C(=O)N[C@@H](Cc1c[nH]c2ccccc12)C(=O)O. The van der Waals surface area contributed by atoms with Gasteiger partial charge >= 0.3 is 17.9 Å². The van der Waals surface area contributed by atoms with Crippen LogP contribution in [-0.4, -0.2) is 128 Å². The lowest BCUT2D eigenvalue weighted by atomic mass is 9.95. The molecule has 3 rings (SSSR count). The van der Waals surface area contributed by atoms with Crippen molar-refractivity contribution in [1.82, 2.24) is 42.2 Å². The maximum Gasteiger partial charge on any atom is 0.326 e. The third kappa shape index (κ3) is 19.2. The normalized spacial score (nSPS) is 15.0. The second-order valence-corrected chi connectivity index (χ2v) is 19.8. The number of hydrogen-bond donors (Lipinski definition) is 12. The molecule has 0 spiro atoms. The molecule has 22 heteroatoms. The summed E-state index contributed by atoms with van der Waals surface area (Å²) in [6, 6.07) is 5.22. The Morgan fingerprint density at radius 2 is 1.00 bits per heavy atom. The lowest BCUT2D eigenvalue weighted by Crippen LogP contribution is -2.61. The minimum absolute atomic E-state index is 0.0103. The molecule has 2 aromatic carbocycles. The highest BCUT2D eigenvalue weighted by Gasteiger charge is 2.37. The molecule has 0 aliphatic heterocycles. The van der Waals surface area contributed by atoms with Gasteiger partial charge in [-0.1, -0.05) is 110 Å². The van der Waals surface area contributed by atoms with Crippen LogP contribution < -0.4 is 43.0 Å². The summed E-state index contributed by atoms with van der Waals surface area (Å²) in [5, 5.41) is 47.9.